The average molecular weight is 229 g/mol. The van der Waals surface area contributed by atoms with Crippen molar-refractivity contribution >= 4 is 0 Å². The molecule has 0 aliphatic heterocycles. The molecule has 0 saturated carbocycles. The van der Waals surface area contributed by atoms with Crippen molar-refractivity contribution in [2.24, 2.45) is 5.73 Å². The summed E-state index contributed by atoms with van der Waals surface area (Å²) in [6.45, 7) is 6.94. The summed E-state index contributed by atoms with van der Waals surface area (Å²) in [4.78, 5) is 4.20. The van der Waals surface area contributed by atoms with Crippen LogP contribution in [0.1, 0.15) is 30.7 Å². The molecule has 2 N–H and O–H groups in total. The second-order valence-corrected chi connectivity index (χ2v) is 5.05. The molecule has 1 heterocycles. The fraction of sp³-hybridized carbons (Fsp3) is 0.357. The van der Waals surface area contributed by atoms with E-state index in [0.29, 0.717) is 0 Å². The van der Waals surface area contributed by atoms with Gasteiger partial charge in [-0.25, -0.2) is 4.98 Å². The van der Waals surface area contributed by atoms with E-state index >= 15 is 0 Å². The maximum absolute atomic E-state index is 6.13. The van der Waals surface area contributed by atoms with Crippen LogP contribution in [0.5, 0.6) is 0 Å². The second kappa shape index (κ2) is 4.34. The third kappa shape index (κ3) is 2.56. The first-order chi connectivity index (χ1) is 7.98. The molecule has 3 nitrogen and oxygen atoms in total. The van der Waals surface area contributed by atoms with E-state index in [1.165, 1.54) is 11.1 Å². The van der Waals surface area contributed by atoms with Gasteiger partial charge in [0.25, 0.3) is 0 Å². The normalized spacial score (nSPS) is 11.8. The number of rotatable bonds is 3. The zero-order chi connectivity index (χ0) is 12.5. The average Bonchev–Trinajstić information content (AvgIpc) is 2.69. The Morgan fingerprint density at radius 1 is 1.29 bits per heavy atom. The van der Waals surface area contributed by atoms with Crippen LogP contribution in [0, 0.1) is 6.92 Å². The number of hydrogen-bond donors (Lipinski definition) is 1. The van der Waals surface area contributed by atoms with Gasteiger partial charge in [-0.05, 0) is 31.9 Å². The van der Waals surface area contributed by atoms with E-state index in [2.05, 4.69) is 40.7 Å². The Kier molecular flexibility index (Phi) is 3.03. The Bertz CT molecular complexity index is 506. The molecule has 1 aromatic heterocycles. The smallest absolute Gasteiger partial charge is 0.0951 e. The van der Waals surface area contributed by atoms with Crippen molar-refractivity contribution < 1.29 is 0 Å². The van der Waals surface area contributed by atoms with Crippen molar-refractivity contribution in [2.45, 2.75) is 32.9 Å². The Morgan fingerprint density at radius 2 is 2.00 bits per heavy atom. The molecule has 0 unspecified atom stereocenters. The minimum absolute atomic E-state index is 0.362. The quantitative estimate of drug-likeness (QED) is 0.878. The summed E-state index contributed by atoms with van der Waals surface area (Å²) in [7, 11) is 0. The van der Waals surface area contributed by atoms with Crippen LogP contribution in [0.25, 0.3) is 0 Å². The molecule has 0 aliphatic carbocycles. The zero-order valence-electron chi connectivity index (χ0n) is 10.6. The molecule has 0 radical (unpaired) electrons. The Morgan fingerprint density at radius 3 is 2.65 bits per heavy atom. The van der Waals surface area contributed by atoms with Gasteiger partial charge in [0.15, 0.2) is 0 Å². The summed E-state index contributed by atoms with van der Waals surface area (Å²) in [5, 5.41) is 0. The Hall–Kier alpha value is -1.61. The number of hydrogen-bond acceptors (Lipinski definition) is 2. The molecule has 0 atom stereocenters. The van der Waals surface area contributed by atoms with Crippen LogP contribution in [0.3, 0.4) is 0 Å². The van der Waals surface area contributed by atoms with Gasteiger partial charge in [-0.1, -0.05) is 24.3 Å². The molecule has 17 heavy (non-hydrogen) atoms. The van der Waals surface area contributed by atoms with Gasteiger partial charge in [-0.3, -0.25) is 0 Å². The van der Waals surface area contributed by atoms with Gasteiger partial charge >= 0.3 is 0 Å². The first-order valence-electron chi connectivity index (χ1n) is 5.82. The number of aryl methyl sites for hydroxylation is 1. The van der Waals surface area contributed by atoms with E-state index in [1.807, 2.05) is 26.4 Å². The van der Waals surface area contributed by atoms with Crippen molar-refractivity contribution in [1.82, 2.24) is 9.55 Å². The highest BCUT2D eigenvalue weighted by Crippen LogP contribution is 2.18. The highest BCUT2D eigenvalue weighted by Gasteiger charge is 2.19. The first-order valence-corrected chi connectivity index (χ1v) is 5.82. The predicted octanol–water partition coefficient (Wildman–Crippen LogP) is 2.43. The second-order valence-electron chi connectivity index (χ2n) is 5.05. The Labute approximate surface area is 102 Å². The molecule has 0 spiro atoms. The van der Waals surface area contributed by atoms with Crippen LogP contribution in [0.2, 0.25) is 0 Å². The largest absolute Gasteiger partial charge is 0.328 e. The Balaban J connectivity index is 2.32. The first kappa shape index (κ1) is 11.9. The summed E-state index contributed by atoms with van der Waals surface area (Å²) in [5.74, 6) is 0. The highest BCUT2D eigenvalue weighted by atomic mass is 15.1. The fourth-order valence-corrected chi connectivity index (χ4v) is 1.95. The van der Waals surface area contributed by atoms with Crippen LogP contribution in [0.15, 0.2) is 36.8 Å². The topological polar surface area (TPSA) is 43.8 Å². The number of benzene rings is 1. The van der Waals surface area contributed by atoms with Gasteiger partial charge in [0, 0.05) is 12.7 Å². The molecule has 0 bridgehead atoms. The van der Waals surface area contributed by atoms with Crippen molar-refractivity contribution in [1.29, 1.82) is 0 Å². The highest BCUT2D eigenvalue weighted by molar-refractivity contribution is 5.26. The van der Waals surface area contributed by atoms with Crippen molar-refractivity contribution in [3.05, 3.63) is 53.6 Å². The lowest BCUT2D eigenvalue weighted by Gasteiger charge is -2.21. The summed E-state index contributed by atoms with van der Waals surface area (Å²) in [6, 6.07) is 8.38. The minimum Gasteiger partial charge on any atom is -0.328 e. The number of nitrogens with two attached hydrogens (primary N) is 1. The van der Waals surface area contributed by atoms with E-state index in [-0.39, 0.29) is 5.54 Å². The summed E-state index contributed by atoms with van der Waals surface area (Å²) < 4.78 is 2.11. The molecule has 0 saturated heterocycles. The van der Waals surface area contributed by atoms with Crippen molar-refractivity contribution in [3.63, 3.8) is 0 Å². The molecule has 2 rings (SSSR count). The van der Waals surface area contributed by atoms with Crippen molar-refractivity contribution in [2.75, 3.05) is 0 Å². The van der Waals surface area contributed by atoms with Crippen LogP contribution in [-0.2, 0) is 12.1 Å². The lowest BCUT2D eigenvalue weighted by atomic mass is 10.0. The van der Waals surface area contributed by atoms with Crippen molar-refractivity contribution in [3.8, 4) is 0 Å². The van der Waals surface area contributed by atoms with Gasteiger partial charge in [-0.15, -0.1) is 0 Å². The third-order valence-corrected chi connectivity index (χ3v) is 2.97. The lowest BCUT2D eigenvalue weighted by molar-refractivity contribution is 0.503. The van der Waals surface area contributed by atoms with Gasteiger partial charge in [0.1, 0.15) is 0 Å². The lowest BCUT2D eigenvalue weighted by Crippen LogP contribution is -2.31. The minimum atomic E-state index is -0.362. The van der Waals surface area contributed by atoms with E-state index in [9.17, 15) is 0 Å². The predicted molar refractivity (Wildman–Crippen MR) is 69.7 cm³/mol. The number of nitrogens with zero attached hydrogens (tertiary/aromatic N) is 2. The third-order valence-electron chi connectivity index (χ3n) is 2.97. The van der Waals surface area contributed by atoms with Crippen LogP contribution in [0.4, 0.5) is 0 Å². The van der Waals surface area contributed by atoms with Crippen LogP contribution in [-0.4, -0.2) is 9.55 Å². The summed E-state index contributed by atoms with van der Waals surface area (Å²) in [5.41, 5.74) is 9.42. The molecular weight excluding hydrogens is 210 g/mol. The number of imidazole rings is 1. The molecule has 1 aromatic carbocycles. The van der Waals surface area contributed by atoms with E-state index in [0.717, 1.165) is 12.2 Å². The summed E-state index contributed by atoms with van der Waals surface area (Å²) in [6.07, 6.45) is 3.69. The van der Waals surface area contributed by atoms with Gasteiger partial charge in [-0.2, -0.15) is 0 Å². The van der Waals surface area contributed by atoms with Gasteiger partial charge in [0.2, 0.25) is 0 Å². The SMILES string of the molecule is Cc1ccccc1Cn1cncc1C(C)(C)N. The molecule has 0 amide bonds. The maximum Gasteiger partial charge on any atom is 0.0951 e. The molecular formula is C14H19N3. The zero-order valence-corrected chi connectivity index (χ0v) is 10.6. The van der Waals surface area contributed by atoms with E-state index in [4.69, 9.17) is 5.73 Å². The monoisotopic (exact) mass is 229 g/mol. The fourth-order valence-electron chi connectivity index (χ4n) is 1.95. The van der Waals surface area contributed by atoms with E-state index in [1.54, 1.807) is 0 Å². The molecule has 0 fully saturated rings. The molecule has 90 valence electrons. The standard InChI is InChI=1S/C14H19N3/c1-11-6-4-5-7-12(11)9-17-10-16-8-13(17)14(2,3)15/h4-8,10H,9,15H2,1-3H3. The number of aromatic nitrogens is 2. The maximum atomic E-state index is 6.13. The van der Waals surface area contributed by atoms with Gasteiger partial charge < -0.3 is 10.3 Å². The van der Waals surface area contributed by atoms with Gasteiger partial charge in [0.05, 0.1) is 17.6 Å². The molecule has 2 aromatic rings. The molecule has 3 heteroatoms. The van der Waals surface area contributed by atoms with E-state index < -0.39 is 0 Å². The van der Waals surface area contributed by atoms with Crippen LogP contribution < -0.4 is 5.73 Å². The van der Waals surface area contributed by atoms with Crippen LogP contribution >= 0.6 is 0 Å². The summed E-state index contributed by atoms with van der Waals surface area (Å²) >= 11 is 0. The molecule has 0 aliphatic rings.